The molecule has 0 bridgehead atoms. The highest BCUT2D eigenvalue weighted by Crippen LogP contribution is 2.36. The summed E-state index contributed by atoms with van der Waals surface area (Å²) in [6.45, 7) is 17.2. The second-order valence-electron chi connectivity index (χ2n) is 8.50. The fourth-order valence-electron chi connectivity index (χ4n) is 3.17. The number of hydrogen-bond acceptors (Lipinski definition) is 4. The maximum atomic E-state index is 6.06. The molecule has 122 valence electrons. The molecule has 1 aromatic rings. The monoisotopic (exact) mass is 305 g/mol. The first-order chi connectivity index (χ1) is 10.1. The third-order valence-electron chi connectivity index (χ3n) is 5.13. The van der Waals surface area contributed by atoms with Crippen LogP contribution in [0.1, 0.15) is 41.5 Å². The summed E-state index contributed by atoms with van der Waals surface area (Å²) in [4.78, 5) is 2.47. The molecule has 0 radical (unpaired) electrons. The molecule has 0 amide bonds. The van der Waals surface area contributed by atoms with Crippen LogP contribution in [-0.4, -0.2) is 52.6 Å². The van der Waals surface area contributed by atoms with Gasteiger partial charge in [0, 0.05) is 37.5 Å². The Morgan fingerprint density at radius 2 is 1.64 bits per heavy atom. The van der Waals surface area contributed by atoms with Crippen LogP contribution >= 0.6 is 0 Å². The second-order valence-corrected chi connectivity index (χ2v) is 8.50. The fourth-order valence-corrected chi connectivity index (χ4v) is 3.17. The summed E-state index contributed by atoms with van der Waals surface area (Å²) in [7, 11) is -0.318. The zero-order valence-corrected chi connectivity index (χ0v) is 14.7. The molecule has 0 spiro atoms. The number of likely N-dealkylation sites (tertiary alicyclic amines) is 1. The summed E-state index contributed by atoms with van der Waals surface area (Å²) in [6.07, 6.45) is 3.91. The van der Waals surface area contributed by atoms with Gasteiger partial charge in [0.25, 0.3) is 0 Å². The fraction of sp³-hybridized carbons (Fsp3) is 0.812. The number of rotatable bonds is 4. The van der Waals surface area contributed by atoms with Crippen molar-refractivity contribution in [3.63, 3.8) is 0 Å². The molecule has 2 saturated heterocycles. The quantitative estimate of drug-likeness (QED) is 0.791. The van der Waals surface area contributed by atoms with E-state index in [1.807, 2.05) is 17.1 Å². The SMILES string of the molecule is CC1(C)CN(CCn2cc(B3OC(C)(C)C(C)(C)O3)cn2)C1. The van der Waals surface area contributed by atoms with Crippen LogP contribution in [0.15, 0.2) is 12.4 Å². The molecule has 5 nitrogen and oxygen atoms in total. The average Bonchev–Trinajstić information content (AvgIpc) is 2.87. The van der Waals surface area contributed by atoms with Crippen molar-refractivity contribution in [2.45, 2.75) is 59.3 Å². The van der Waals surface area contributed by atoms with Gasteiger partial charge in [0.15, 0.2) is 0 Å². The van der Waals surface area contributed by atoms with Crippen molar-refractivity contribution >= 4 is 12.6 Å². The van der Waals surface area contributed by atoms with Crippen LogP contribution in [0.4, 0.5) is 0 Å². The highest BCUT2D eigenvalue weighted by atomic mass is 16.7. The summed E-state index contributed by atoms with van der Waals surface area (Å²) in [5.74, 6) is 0. The molecule has 2 aliphatic heterocycles. The maximum Gasteiger partial charge on any atom is 0.498 e. The first-order valence-corrected chi connectivity index (χ1v) is 8.18. The number of aromatic nitrogens is 2. The normalized spacial score (nSPS) is 26.2. The van der Waals surface area contributed by atoms with E-state index in [-0.39, 0.29) is 18.3 Å². The molecule has 0 atom stereocenters. The summed E-state index contributed by atoms with van der Waals surface area (Å²) < 4.78 is 14.1. The van der Waals surface area contributed by atoms with Crippen LogP contribution in [0, 0.1) is 5.41 Å². The molecule has 2 aliphatic rings. The van der Waals surface area contributed by atoms with E-state index in [4.69, 9.17) is 9.31 Å². The Morgan fingerprint density at radius 3 is 2.18 bits per heavy atom. The van der Waals surface area contributed by atoms with Crippen LogP contribution in [0.3, 0.4) is 0 Å². The Hall–Kier alpha value is -0.845. The molecule has 0 saturated carbocycles. The lowest BCUT2D eigenvalue weighted by molar-refractivity contribution is 0.00578. The van der Waals surface area contributed by atoms with Crippen LogP contribution in [0.5, 0.6) is 0 Å². The zero-order valence-electron chi connectivity index (χ0n) is 14.7. The predicted octanol–water partition coefficient (Wildman–Crippen LogP) is 1.52. The van der Waals surface area contributed by atoms with E-state index in [0.29, 0.717) is 5.41 Å². The Bertz CT molecular complexity index is 529. The third kappa shape index (κ3) is 2.96. The van der Waals surface area contributed by atoms with Crippen LogP contribution in [0.25, 0.3) is 0 Å². The maximum absolute atomic E-state index is 6.06. The third-order valence-corrected chi connectivity index (χ3v) is 5.13. The van der Waals surface area contributed by atoms with Crippen LogP contribution < -0.4 is 5.46 Å². The van der Waals surface area contributed by atoms with Crippen molar-refractivity contribution in [2.75, 3.05) is 19.6 Å². The number of hydrogen-bond donors (Lipinski definition) is 0. The average molecular weight is 305 g/mol. The Morgan fingerprint density at radius 1 is 1.05 bits per heavy atom. The van der Waals surface area contributed by atoms with Crippen molar-refractivity contribution in [3.8, 4) is 0 Å². The van der Waals surface area contributed by atoms with Gasteiger partial charge in [0.1, 0.15) is 0 Å². The molecule has 1 aromatic heterocycles. The van der Waals surface area contributed by atoms with E-state index in [1.54, 1.807) is 0 Å². The summed E-state index contributed by atoms with van der Waals surface area (Å²) in [5.41, 5.74) is 0.881. The van der Waals surface area contributed by atoms with Crippen molar-refractivity contribution in [1.29, 1.82) is 0 Å². The minimum absolute atomic E-state index is 0.303. The summed E-state index contributed by atoms with van der Waals surface area (Å²) >= 11 is 0. The summed E-state index contributed by atoms with van der Waals surface area (Å²) in [5, 5.41) is 4.45. The van der Waals surface area contributed by atoms with Gasteiger partial charge in [-0.3, -0.25) is 4.68 Å². The van der Waals surface area contributed by atoms with Crippen molar-refractivity contribution in [3.05, 3.63) is 12.4 Å². The van der Waals surface area contributed by atoms with Gasteiger partial charge in [0.2, 0.25) is 0 Å². The standard InChI is InChI=1S/C16H28BN3O2/c1-14(2)11-19(12-14)7-8-20-10-13(9-18-20)17-21-15(3,4)16(5,6)22-17/h9-10H,7-8,11-12H2,1-6H3. The Balaban J connectivity index is 1.56. The molecule has 3 heterocycles. The molecule has 0 aromatic carbocycles. The number of nitrogens with zero attached hydrogens (tertiary/aromatic N) is 3. The smallest absolute Gasteiger partial charge is 0.399 e. The van der Waals surface area contributed by atoms with E-state index < -0.39 is 0 Å². The van der Waals surface area contributed by atoms with Gasteiger partial charge < -0.3 is 14.2 Å². The molecule has 0 unspecified atom stereocenters. The minimum Gasteiger partial charge on any atom is -0.399 e. The topological polar surface area (TPSA) is 39.5 Å². The molecule has 3 rings (SSSR count). The lowest BCUT2D eigenvalue weighted by Crippen LogP contribution is -2.53. The molecular formula is C16H28BN3O2. The molecule has 2 fully saturated rings. The molecule has 6 heteroatoms. The van der Waals surface area contributed by atoms with E-state index in [0.717, 1.165) is 18.6 Å². The lowest BCUT2D eigenvalue weighted by Gasteiger charge is -2.45. The van der Waals surface area contributed by atoms with Gasteiger partial charge in [-0.15, -0.1) is 0 Å². The van der Waals surface area contributed by atoms with Crippen molar-refractivity contribution < 1.29 is 9.31 Å². The van der Waals surface area contributed by atoms with Gasteiger partial charge in [-0.05, 0) is 33.1 Å². The van der Waals surface area contributed by atoms with Gasteiger partial charge in [-0.1, -0.05) is 13.8 Å². The second kappa shape index (κ2) is 5.08. The first kappa shape index (κ1) is 16.0. The van der Waals surface area contributed by atoms with Crippen LogP contribution in [0.2, 0.25) is 0 Å². The highest BCUT2D eigenvalue weighted by Gasteiger charge is 2.52. The highest BCUT2D eigenvalue weighted by molar-refractivity contribution is 6.61. The first-order valence-electron chi connectivity index (χ1n) is 8.18. The predicted molar refractivity (Wildman–Crippen MR) is 88.2 cm³/mol. The van der Waals surface area contributed by atoms with E-state index >= 15 is 0 Å². The Kier molecular flexibility index (Phi) is 3.70. The Labute approximate surface area is 134 Å². The van der Waals surface area contributed by atoms with Gasteiger partial charge in [-0.25, -0.2) is 0 Å². The van der Waals surface area contributed by atoms with E-state index in [2.05, 4.69) is 51.5 Å². The van der Waals surface area contributed by atoms with Gasteiger partial charge in [0.05, 0.1) is 17.7 Å². The van der Waals surface area contributed by atoms with E-state index in [1.165, 1.54) is 13.1 Å². The lowest BCUT2D eigenvalue weighted by atomic mass is 9.82. The molecule has 0 aliphatic carbocycles. The van der Waals surface area contributed by atoms with Gasteiger partial charge >= 0.3 is 7.12 Å². The molecular weight excluding hydrogens is 277 g/mol. The summed E-state index contributed by atoms with van der Waals surface area (Å²) in [6, 6.07) is 0. The molecule has 0 N–H and O–H groups in total. The molecule has 22 heavy (non-hydrogen) atoms. The van der Waals surface area contributed by atoms with Crippen molar-refractivity contribution in [2.24, 2.45) is 5.41 Å². The minimum atomic E-state index is -0.318. The van der Waals surface area contributed by atoms with Gasteiger partial charge in [-0.2, -0.15) is 5.10 Å². The van der Waals surface area contributed by atoms with Crippen molar-refractivity contribution in [1.82, 2.24) is 14.7 Å². The largest absolute Gasteiger partial charge is 0.498 e. The van der Waals surface area contributed by atoms with E-state index in [9.17, 15) is 0 Å². The van der Waals surface area contributed by atoms with Crippen LogP contribution in [-0.2, 0) is 15.9 Å². The zero-order chi connectivity index (χ0) is 16.2.